The molecule has 2 N–H and O–H groups in total. The zero-order valence-electron chi connectivity index (χ0n) is 13.5. The summed E-state index contributed by atoms with van der Waals surface area (Å²) in [5, 5.41) is 6.56. The summed E-state index contributed by atoms with van der Waals surface area (Å²) in [6.45, 7) is 5.14. The molecule has 1 aliphatic rings. The van der Waals surface area contributed by atoms with Gasteiger partial charge >= 0.3 is 0 Å². The van der Waals surface area contributed by atoms with Gasteiger partial charge in [0.05, 0.1) is 12.2 Å². The van der Waals surface area contributed by atoms with Crippen LogP contribution in [0.4, 0.5) is 4.39 Å². The van der Waals surface area contributed by atoms with Crippen LogP contribution in [0.15, 0.2) is 35.6 Å². The summed E-state index contributed by atoms with van der Waals surface area (Å²) in [5.74, 6) is 1.29. The summed E-state index contributed by atoms with van der Waals surface area (Å²) in [4.78, 5) is 8.65. The molecule has 0 radical (unpaired) electrons. The van der Waals surface area contributed by atoms with E-state index in [2.05, 4.69) is 20.6 Å². The fraction of sp³-hybridized carbons (Fsp3) is 0.412. The second kappa shape index (κ2) is 6.81. The van der Waals surface area contributed by atoms with Crippen molar-refractivity contribution >= 4 is 5.96 Å². The van der Waals surface area contributed by atoms with Gasteiger partial charge in [-0.25, -0.2) is 14.4 Å². The van der Waals surface area contributed by atoms with E-state index in [-0.39, 0.29) is 5.82 Å². The van der Waals surface area contributed by atoms with Gasteiger partial charge in [-0.05, 0) is 44.4 Å². The van der Waals surface area contributed by atoms with Gasteiger partial charge in [-0.1, -0.05) is 6.07 Å². The molecule has 0 spiro atoms. The van der Waals surface area contributed by atoms with Crippen molar-refractivity contribution in [1.82, 2.24) is 20.2 Å². The Hall–Kier alpha value is -2.37. The van der Waals surface area contributed by atoms with Crippen molar-refractivity contribution in [3.8, 4) is 5.69 Å². The van der Waals surface area contributed by atoms with Gasteiger partial charge in [0.25, 0.3) is 0 Å². The van der Waals surface area contributed by atoms with Crippen LogP contribution in [-0.4, -0.2) is 28.1 Å². The van der Waals surface area contributed by atoms with E-state index >= 15 is 0 Å². The fourth-order valence-corrected chi connectivity index (χ4v) is 2.39. The number of halogens is 1. The minimum absolute atomic E-state index is 0.265. The fourth-order valence-electron chi connectivity index (χ4n) is 2.39. The Bertz CT molecular complexity index is 703. The van der Waals surface area contributed by atoms with E-state index in [1.165, 1.54) is 12.8 Å². The van der Waals surface area contributed by atoms with Crippen LogP contribution in [0.2, 0.25) is 0 Å². The second-order valence-corrected chi connectivity index (χ2v) is 5.74. The molecule has 0 atom stereocenters. The summed E-state index contributed by atoms with van der Waals surface area (Å²) in [7, 11) is 0. The van der Waals surface area contributed by atoms with Crippen molar-refractivity contribution < 1.29 is 4.39 Å². The maximum absolute atomic E-state index is 14.4. The number of rotatable bonds is 5. The number of imidazole rings is 1. The predicted octanol–water partition coefficient (Wildman–Crippen LogP) is 2.54. The zero-order valence-corrected chi connectivity index (χ0v) is 13.5. The Morgan fingerprint density at radius 1 is 1.43 bits per heavy atom. The molecular formula is C17H22FN5. The van der Waals surface area contributed by atoms with E-state index in [1.54, 1.807) is 29.1 Å². The number of aliphatic imine (C=N–C) groups is 1. The highest BCUT2D eigenvalue weighted by Gasteiger charge is 2.22. The monoisotopic (exact) mass is 315 g/mol. The molecule has 2 aromatic rings. The first kappa shape index (κ1) is 15.5. The molecule has 1 saturated carbocycles. The summed E-state index contributed by atoms with van der Waals surface area (Å²) in [6, 6.07) is 5.76. The molecule has 3 rings (SSSR count). The topological polar surface area (TPSA) is 54.2 Å². The van der Waals surface area contributed by atoms with Gasteiger partial charge < -0.3 is 15.2 Å². The molecule has 6 heteroatoms. The molecule has 0 bridgehead atoms. The van der Waals surface area contributed by atoms with E-state index in [0.29, 0.717) is 18.3 Å². The van der Waals surface area contributed by atoms with E-state index in [0.717, 1.165) is 23.9 Å². The molecule has 0 aliphatic heterocycles. The summed E-state index contributed by atoms with van der Waals surface area (Å²) in [5.41, 5.74) is 1.35. The lowest BCUT2D eigenvalue weighted by molar-refractivity contribution is 0.614. The van der Waals surface area contributed by atoms with Crippen LogP contribution < -0.4 is 10.6 Å². The van der Waals surface area contributed by atoms with E-state index in [1.807, 2.05) is 19.9 Å². The quantitative estimate of drug-likeness (QED) is 0.658. The minimum atomic E-state index is -0.265. The van der Waals surface area contributed by atoms with Crippen molar-refractivity contribution in [2.45, 2.75) is 39.3 Å². The molecule has 0 unspecified atom stereocenters. The first-order valence-corrected chi connectivity index (χ1v) is 8.01. The average Bonchev–Trinajstić information content (AvgIpc) is 3.25. The molecule has 1 heterocycles. The SMILES string of the molecule is CCNC(=NCc1ccc(-n2ccnc2C)c(F)c1)NC1CC1. The highest BCUT2D eigenvalue weighted by Crippen LogP contribution is 2.19. The number of nitrogens with one attached hydrogen (secondary N) is 2. The van der Waals surface area contributed by atoms with Gasteiger partial charge in [-0.15, -0.1) is 0 Å². The van der Waals surface area contributed by atoms with E-state index in [4.69, 9.17) is 0 Å². The van der Waals surface area contributed by atoms with Crippen LogP contribution in [0.25, 0.3) is 5.69 Å². The molecule has 1 aromatic carbocycles. The second-order valence-electron chi connectivity index (χ2n) is 5.74. The molecule has 1 aliphatic carbocycles. The first-order chi connectivity index (χ1) is 11.2. The van der Waals surface area contributed by atoms with Crippen molar-refractivity contribution in [3.05, 3.63) is 47.8 Å². The highest BCUT2D eigenvalue weighted by atomic mass is 19.1. The van der Waals surface area contributed by atoms with Crippen LogP contribution in [0.5, 0.6) is 0 Å². The van der Waals surface area contributed by atoms with E-state index < -0.39 is 0 Å². The lowest BCUT2D eigenvalue weighted by Crippen LogP contribution is -2.38. The third-order valence-electron chi connectivity index (χ3n) is 3.78. The van der Waals surface area contributed by atoms with Crippen LogP contribution in [0.3, 0.4) is 0 Å². The number of aromatic nitrogens is 2. The number of hydrogen-bond acceptors (Lipinski definition) is 2. The predicted molar refractivity (Wildman–Crippen MR) is 89.2 cm³/mol. The van der Waals surface area contributed by atoms with Gasteiger partial charge in [0.1, 0.15) is 11.6 Å². The Morgan fingerprint density at radius 3 is 2.87 bits per heavy atom. The number of benzene rings is 1. The molecular weight excluding hydrogens is 293 g/mol. The normalized spacial score (nSPS) is 14.8. The Balaban J connectivity index is 1.73. The number of aryl methyl sites for hydroxylation is 1. The molecule has 0 saturated heterocycles. The molecule has 1 fully saturated rings. The van der Waals surface area contributed by atoms with Crippen molar-refractivity contribution in [3.63, 3.8) is 0 Å². The van der Waals surface area contributed by atoms with Gasteiger partial charge in [0.15, 0.2) is 5.96 Å². The van der Waals surface area contributed by atoms with Crippen LogP contribution in [0.1, 0.15) is 31.2 Å². The van der Waals surface area contributed by atoms with Gasteiger partial charge in [0, 0.05) is 25.0 Å². The summed E-state index contributed by atoms with van der Waals surface area (Å²) in [6.07, 6.45) is 5.81. The molecule has 23 heavy (non-hydrogen) atoms. The lowest BCUT2D eigenvalue weighted by Gasteiger charge is -2.11. The molecule has 5 nitrogen and oxygen atoms in total. The minimum Gasteiger partial charge on any atom is -0.357 e. The van der Waals surface area contributed by atoms with Gasteiger partial charge in [-0.2, -0.15) is 0 Å². The third-order valence-corrected chi connectivity index (χ3v) is 3.78. The Kier molecular flexibility index (Phi) is 4.60. The van der Waals surface area contributed by atoms with E-state index in [9.17, 15) is 4.39 Å². The first-order valence-electron chi connectivity index (χ1n) is 8.01. The lowest BCUT2D eigenvalue weighted by atomic mass is 10.2. The van der Waals surface area contributed by atoms with Crippen LogP contribution in [-0.2, 0) is 6.54 Å². The van der Waals surface area contributed by atoms with Crippen molar-refractivity contribution in [1.29, 1.82) is 0 Å². The zero-order chi connectivity index (χ0) is 16.2. The largest absolute Gasteiger partial charge is 0.357 e. The Labute approximate surface area is 135 Å². The van der Waals surface area contributed by atoms with Crippen LogP contribution >= 0.6 is 0 Å². The summed E-state index contributed by atoms with van der Waals surface area (Å²) >= 11 is 0. The van der Waals surface area contributed by atoms with Crippen LogP contribution in [0, 0.1) is 12.7 Å². The summed E-state index contributed by atoms with van der Waals surface area (Å²) < 4.78 is 16.1. The molecule has 1 aromatic heterocycles. The highest BCUT2D eigenvalue weighted by molar-refractivity contribution is 5.80. The number of guanidine groups is 1. The number of hydrogen-bond donors (Lipinski definition) is 2. The smallest absolute Gasteiger partial charge is 0.191 e. The maximum Gasteiger partial charge on any atom is 0.191 e. The standard InChI is InChI=1S/C17H22FN5/c1-3-19-17(22-14-5-6-14)21-11-13-4-7-16(15(18)10-13)23-9-8-20-12(23)2/h4,7-10,14H,3,5-6,11H2,1-2H3,(H2,19,21,22). The average molecular weight is 315 g/mol. The molecule has 0 amide bonds. The third kappa shape index (κ3) is 3.88. The van der Waals surface area contributed by atoms with Crippen molar-refractivity contribution in [2.24, 2.45) is 4.99 Å². The maximum atomic E-state index is 14.4. The van der Waals surface area contributed by atoms with Gasteiger partial charge in [-0.3, -0.25) is 0 Å². The van der Waals surface area contributed by atoms with Crippen molar-refractivity contribution in [2.75, 3.05) is 6.54 Å². The molecule has 122 valence electrons. The number of nitrogens with zero attached hydrogens (tertiary/aromatic N) is 3. The Morgan fingerprint density at radius 2 is 2.26 bits per heavy atom. The van der Waals surface area contributed by atoms with Gasteiger partial charge in [0.2, 0.25) is 0 Å².